The number of H-pyrrole nitrogens is 1. The molecule has 1 amide bonds. The van der Waals surface area contributed by atoms with Crippen LogP contribution in [0.25, 0.3) is 16.8 Å². The van der Waals surface area contributed by atoms with Crippen molar-refractivity contribution < 1.29 is 4.79 Å². The lowest BCUT2D eigenvalue weighted by molar-refractivity contribution is 0.102. The number of carbonyl (C=O) groups is 1. The number of nitrogens with zero attached hydrogens (tertiary/aromatic N) is 2. The number of halogens is 1. The molecule has 0 aliphatic carbocycles. The monoisotopic (exact) mass is 393 g/mol. The fraction of sp³-hybridized carbons (Fsp3) is 0.0500. The molecule has 0 aliphatic rings. The van der Waals surface area contributed by atoms with Gasteiger partial charge in [0.15, 0.2) is 0 Å². The maximum atomic E-state index is 13.0. The van der Waals surface area contributed by atoms with Crippen LogP contribution >= 0.6 is 11.6 Å². The average molecular weight is 394 g/mol. The molecule has 2 heterocycles. The van der Waals surface area contributed by atoms with Crippen LogP contribution in [-0.4, -0.2) is 20.5 Å². The first-order chi connectivity index (χ1) is 13.4. The maximum Gasteiger partial charge on any atom is 0.263 e. The number of hydrogen-bond acceptors (Lipinski definition) is 4. The standard InChI is InChI=1S/C20H16ClN5O2/c1-11-7-8-13(21)9-15(11)23-19(28)14-10-16(27)25-26-18(14)17(24-20(26)22)12-5-3-2-4-6-12/h2-10H,1H3,(H2,22,24)(H,23,28)(H,25,27). The number of nitrogens with two attached hydrogens (primary N) is 1. The Labute approximate surface area is 164 Å². The number of fused-ring (bicyclic) bond motifs is 1. The molecule has 0 unspecified atom stereocenters. The number of anilines is 2. The summed E-state index contributed by atoms with van der Waals surface area (Å²) in [4.78, 5) is 29.5. The van der Waals surface area contributed by atoms with Crippen molar-refractivity contribution in [1.82, 2.24) is 14.6 Å². The lowest BCUT2D eigenvalue weighted by Gasteiger charge is -2.10. The van der Waals surface area contributed by atoms with Gasteiger partial charge in [0, 0.05) is 22.3 Å². The summed E-state index contributed by atoms with van der Waals surface area (Å²) < 4.78 is 1.32. The normalized spacial score (nSPS) is 10.9. The number of nitrogens with one attached hydrogen (secondary N) is 2. The predicted molar refractivity (Wildman–Crippen MR) is 110 cm³/mol. The number of rotatable bonds is 3. The van der Waals surface area contributed by atoms with Crippen molar-refractivity contribution in [3.05, 3.63) is 81.1 Å². The SMILES string of the molecule is Cc1ccc(Cl)cc1NC(=O)c1cc(=O)[nH]n2c(N)nc(-c3ccccc3)c12. The minimum absolute atomic E-state index is 0.0829. The van der Waals surface area contributed by atoms with Crippen molar-refractivity contribution in [2.45, 2.75) is 6.92 Å². The third kappa shape index (κ3) is 3.12. The van der Waals surface area contributed by atoms with Crippen molar-refractivity contribution in [2.24, 2.45) is 0 Å². The highest BCUT2D eigenvalue weighted by Crippen LogP contribution is 2.28. The van der Waals surface area contributed by atoms with Gasteiger partial charge >= 0.3 is 0 Å². The molecule has 0 radical (unpaired) electrons. The van der Waals surface area contributed by atoms with Gasteiger partial charge in [-0.25, -0.2) is 9.50 Å². The van der Waals surface area contributed by atoms with E-state index in [2.05, 4.69) is 15.4 Å². The van der Waals surface area contributed by atoms with Crippen LogP contribution in [0.3, 0.4) is 0 Å². The minimum Gasteiger partial charge on any atom is -0.368 e. The van der Waals surface area contributed by atoms with Gasteiger partial charge in [0.05, 0.1) is 5.56 Å². The fourth-order valence-corrected chi connectivity index (χ4v) is 3.20. The van der Waals surface area contributed by atoms with Crippen molar-refractivity contribution in [1.29, 1.82) is 0 Å². The number of carbonyl (C=O) groups excluding carboxylic acids is 1. The molecule has 140 valence electrons. The van der Waals surface area contributed by atoms with Gasteiger partial charge in [0.25, 0.3) is 11.5 Å². The van der Waals surface area contributed by atoms with Gasteiger partial charge in [-0.1, -0.05) is 48.0 Å². The van der Waals surface area contributed by atoms with Crippen LogP contribution in [0.2, 0.25) is 5.02 Å². The zero-order valence-electron chi connectivity index (χ0n) is 14.9. The third-order valence-electron chi connectivity index (χ3n) is 4.40. The summed E-state index contributed by atoms with van der Waals surface area (Å²) in [5, 5.41) is 5.91. The van der Waals surface area contributed by atoms with E-state index in [1.807, 2.05) is 37.3 Å². The number of amides is 1. The van der Waals surface area contributed by atoms with E-state index >= 15 is 0 Å². The molecular weight excluding hydrogens is 378 g/mol. The zero-order valence-corrected chi connectivity index (χ0v) is 15.6. The van der Waals surface area contributed by atoms with Gasteiger partial charge in [0.2, 0.25) is 5.95 Å². The molecule has 0 fully saturated rings. The van der Waals surface area contributed by atoms with E-state index in [4.69, 9.17) is 17.3 Å². The quantitative estimate of drug-likeness (QED) is 0.495. The average Bonchev–Trinajstić information content (AvgIpc) is 3.01. The van der Waals surface area contributed by atoms with E-state index in [0.717, 1.165) is 11.1 Å². The van der Waals surface area contributed by atoms with Crippen LogP contribution in [0.5, 0.6) is 0 Å². The minimum atomic E-state index is -0.468. The fourth-order valence-electron chi connectivity index (χ4n) is 3.03. The Balaban J connectivity index is 1.90. The Morgan fingerprint density at radius 2 is 1.93 bits per heavy atom. The summed E-state index contributed by atoms with van der Waals surface area (Å²) >= 11 is 6.04. The number of aryl methyl sites for hydroxylation is 1. The third-order valence-corrected chi connectivity index (χ3v) is 4.63. The first-order valence-corrected chi connectivity index (χ1v) is 8.86. The Bertz CT molecular complexity index is 1260. The molecule has 0 saturated carbocycles. The molecule has 4 rings (SSSR count). The van der Waals surface area contributed by atoms with E-state index in [1.165, 1.54) is 10.6 Å². The summed E-state index contributed by atoms with van der Waals surface area (Å²) in [6, 6.07) is 15.7. The molecule has 2 aromatic heterocycles. The summed E-state index contributed by atoms with van der Waals surface area (Å²) in [6.07, 6.45) is 0. The maximum absolute atomic E-state index is 13.0. The van der Waals surface area contributed by atoms with Crippen molar-refractivity contribution in [2.75, 3.05) is 11.1 Å². The number of aromatic nitrogens is 3. The Hall–Kier alpha value is -3.58. The molecule has 0 atom stereocenters. The largest absolute Gasteiger partial charge is 0.368 e. The van der Waals surface area contributed by atoms with Gasteiger partial charge in [-0.2, -0.15) is 0 Å². The molecule has 0 bridgehead atoms. The smallest absolute Gasteiger partial charge is 0.263 e. The van der Waals surface area contributed by atoms with Gasteiger partial charge in [-0.15, -0.1) is 0 Å². The summed E-state index contributed by atoms with van der Waals surface area (Å²) in [5.41, 5.74) is 8.77. The number of nitrogen functional groups attached to an aromatic ring is 1. The lowest BCUT2D eigenvalue weighted by atomic mass is 10.1. The summed E-state index contributed by atoms with van der Waals surface area (Å²) in [7, 11) is 0. The molecule has 4 aromatic rings. The van der Waals surface area contributed by atoms with Crippen LogP contribution in [0.4, 0.5) is 11.6 Å². The van der Waals surface area contributed by atoms with Crippen LogP contribution in [0, 0.1) is 6.92 Å². The van der Waals surface area contributed by atoms with Crippen LogP contribution < -0.4 is 16.6 Å². The van der Waals surface area contributed by atoms with Crippen LogP contribution in [0.15, 0.2) is 59.4 Å². The molecule has 4 N–H and O–H groups in total. The van der Waals surface area contributed by atoms with E-state index in [9.17, 15) is 9.59 Å². The highest BCUT2D eigenvalue weighted by molar-refractivity contribution is 6.31. The number of aromatic amines is 1. The molecule has 0 spiro atoms. The van der Waals surface area contributed by atoms with E-state index in [-0.39, 0.29) is 11.5 Å². The molecule has 2 aromatic carbocycles. The van der Waals surface area contributed by atoms with Gasteiger partial charge in [-0.3, -0.25) is 14.7 Å². The second-order valence-corrected chi connectivity index (χ2v) is 6.75. The Morgan fingerprint density at radius 1 is 1.18 bits per heavy atom. The van der Waals surface area contributed by atoms with Crippen molar-refractivity contribution >= 4 is 34.7 Å². The Morgan fingerprint density at radius 3 is 2.68 bits per heavy atom. The van der Waals surface area contributed by atoms with Crippen LogP contribution in [0.1, 0.15) is 15.9 Å². The second-order valence-electron chi connectivity index (χ2n) is 6.32. The second kappa shape index (κ2) is 6.86. The lowest BCUT2D eigenvalue weighted by Crippen LogP contribution is -2.20. The first kappa shape index (κ1) is 17.8. The molecule has 8 heteroatoms. The highest BCUT2D eigenvalue weighted by Gasteiger charge is 2.21. The van der Waals surface area contributed by atoms with Crippen LogP contribution in [-0.2, 0) is 0 Å². The zero-order chi connectivity index (χ0) is 19.8. The molecule has 28 heavy (non-hydrogen) atoms. The molecular formula is C20H16ClN5O2. The van der Waals surface area contributed by atoms with Crippen molar-refractivity contribution in [3.63, 3.8) is 0 Å². The van der Waals surface area contributed by atoms with E-state index in [0.29, 0.717) is 21.9 Å². The number of hydrogen-bond donors (Lipinski definition) is 3. The van der Waals surface area contributed by atoms with Crippen molar-refractivity contribution in [3.8, 4) is 11.3 Å². The highest BCUT2D eigenvalue weighted by atomic mass is 35.5. The van der Waals surface area contributed by atoms with Gasteiger partial charge < -0.3 is 11.1 Å². The predicted octanol–water partition coefficient (Wildman–Crippen LogP) is 3.49. The molecule has 0 saturated heterocycles. The number of imidazole rings is 1. The molecule has 0 aliphatic heterocycles. The van der Waals surface area contributed by atoms with Gasteiger partial charge in [0.1, 0.15) is 11.2 Å². The van der Waals surface area contributed by atoms with E-state index in [1.54, 1.807) is 18.2 Å². The summed E-state index contributed by atoms with van der Waals surface area (Å²) in [5.74, 6) is -0.377. The molecule has 7 nitrogen and oxygen atoms in total. The van der Waals surface area contributed by atoms with Gasteiger partial charge in [-0.05, 0) is 24.6 Å². The topological polar surface area (TPSA) is 105 Å². The van der Waals surface area contributed by atoms with E-state index < -0.39 is 11.5 Å². The Kier molecular flexibility index (Phi) is 4.37. The number of benzene rings is 2. The summed E-state index contributed by atoms with van der Waals surface area (Å²) in [6.45, 7) is 1.85. The first-order valence-electron chi connectivity index (χ1n) is 8.48.